The summed E-state index contributed by atoms with van der Waals surface area (Å²) < 4.78 is 0. The van der Waals surface area contributed by atoms with Gasteiger partial charge in [-0.2, -0.15) is 0 Å². The summed E-state index contributed by atoms with van der Waals surface area (Å²) in [7, 11) is 0.541. The fourth-order valence-electron chi connectivity index (χ4n) is 1.68. The van der Waals surface area contributed by atoms with Gasteiger partial charge in [0.1, 0.15) is 5.15 Å². The Morgan fingerprint density at radius 3 is 2.61 bits per heavy atom. The molecule has 0 amide bonds. The lowest BCUT2D eigenvalue weighted by Gasteiger charge is -2.23. The van der Waals surface area contributed by atoms with Crippen molar-refractivity contribution in [1.29, 1.82) is 0 Å². The van der Waals surface area contributed by atoms with E-state index < -0.39 is 0 Å². The Hall–Kier alpha value is -0.440. The third-order valence-corrected chi connectivity index (χ3v) is 4.53. The van der Waals surface area contributed by atoms with E-state index in [1.165, 1.54) is 0 Å². The van der Waals surface area contributed by atoms with Crippen LogP contribution in [0.25, 0.3) is 0 Å². The molecule has 0 aliphatic carbocycles. The second-order valence-corrected chi connectivity index (χ2v) is 6.51. The van der Waals surface area contributed by atoms with Gasteiger partial charge in [0.05, 0.1) is 11.2 Å². The number of allylic oxidation sites excluding steroid dienone is 1. The second-order valence-electron chi connectivity index (χ2n) is 4.04. The molecule has 0 aromatic carbocycles. The lowest BCUT2D eigenvalue weighted by atomic mass is 9.96. The molecule has 4 atom stereocenters. The molecule has 0 saturated heterocycles. The first-order valence-electron chi connectivity index (χ1n) is 5.49. The summed E-state index contributed by atoms with van der Waals surface area (Å²) in [5.41, 5.74) is 14.2. The van der Waals surface area contributed by atoms with Crippen LogP contribution >= 0.6 is 31.8 Å². The van der Waals surface area contributed by atoms with E-state index >= 15 is 0 Å². The maximum atomic E-state index is 6.16. The number of halogens is 2. The van der Waals surface area contributed by atoms with Gasteiger partial charge in [0.2, 0.25) is 0 Å². The van der Waals surface area contributed by atoms with Crippen molar-refractivity contribution in [3.63, 3.8) is 0 Å². The molecule has 2 rings (SSSR count). The number of alkyl halides is 1. The van der Waals surface area contributed by atoms with Gasteiger partial charge in [0, 0.05) is 12.2 Å². The summed E-state index contributed by atoms with van der Waals surface area (Å²) in [4.78, 5) is 4.01. The standard InChI is InChI=1S/C12H14Cl2N3P/c13-9-3-1-7(5-17-9)11(15)12(16)8-2-4-10(14)18-6-8/h1-6,10-12,18H,15-16H2. The van der Waals surface area contributed by atoms with Gasteiger partial charge in [-0.25, -0.2) is 4.98 Å². The van der Waals surface area contributed by atoms with Crippen LogP contribution in [0.5, 0.6) is 0 Å². The average molecular weight is 302 g/mol. The Morgan fingerprint density at radius 2 is 2.06 bits per heavy atom. The highest BCUT2D eigenvalue weighted by Gasteiger charge is 2.20. The molecule has 0 fully saturated rings. The van der Waals surface area contributed by atoms with Crippen molar-refractivity contribution in [1.82, 2.24) is 4.98 Å². The van der Waals surface area contributed by atoms with Crippen molar-refractivity contribution in [3.8, 4) is 0 Å². The van der Waals surface area contributed by atoms with Crippen molar-refractivity contribution in [3.05, 3.63) is 52.6 Å². The zero-order chi connectivity index (χ0) is 13.1. The minimum absolute atomic E-state index is 0.0781. The summed E-state index contributed by atoms with van der Waals surface area (Å²) in [6, 6.07) is 2.99. The highest BCUT2D eigenvalue weighted by molar-refractivity contribution is 7.45. The van der Waals surface area contributed by atoms with E-state index in [1.807, 2.05) is 18.2 Å². The van der Waals surface area contributed by atoms with E-state index in [-0.39, 0.29) is 17.2 Å². The fraction of sp³-hybridized carbons (Fsp3) is 0.250. The minimum Gasteiger partial charge on any atom is -0.322 e. The normalized spacial score (nSPS) is 23.8. The van der Waals surface area contributed by atoms with Gasteiger partial charge in [-0.15, -0.1) is 11.6 Å². The molecule has 0 saturated carbocycles. The Labute approximate surface area is 118 Å². The molecule has 4 N–H and O–H groups in total. The number of hydrogen-bond acceptors (Lipinski definition) is 3. The van der Waals surface area contributed by atoms with Crippen molar-refractivity contribution < 1.29 is 0 Å². The van der Waals surface area contributed by atoms with E-state index in [4.69, 9.17) is 34.7 Å². The fourth-order valence-corrected chi connectivity index (χ4v) is 2.90. The molecular formula is C12H14Cl2N3P. The van der Waals surface area contributed by atoms with E-state index in [9.17, 15) is 0 Å². The van der Waals surface area contributed by atoms with Gasteiger partial charge >= 0.3 is 0 Å². The smallest absolute Gasteiger partial charge is 0.129 e. The van der Waals surface area contributed by atoms with Gasteiger partial charge in [-0.1, -0.05) is 44.2 Å². The molecule has 1 aliphatic heterocycles. The van der Waals surface area contributed by atoms with Crippen molar-refractivity contribution in [2.75, 3.05) is 0 Å². The predicted octanol–water partition coefficient (Wildman–Crippen LogP) is 2.76. The van der Waals surface area contributed by atoms with Crippen LogP contribution in [-0.4, -0.2) is 16.1 Å². The first-order valence-corrected chi connectivity index (χ1v) is 7.46. The number of pyridine rings is 1. The van der Waals surface area contributed by atoms with E-state index in [0.29, 0.717) is 13.7 Å². The van der Waals surface area contributed by atoms with Crippen LogP contribution in [0.3, 0.4) is 0 Å². The number of aromatic nitrogens is 1. The molecule has 6 heteroatoms. The first kappa shape index (κ1) is 14.0. The molecule has 96 valence electrons. The zero-order valence-corrected chi connectivity index (χ0v) is 12.1. The van der Waals surface area contributed by atoms with Crippen molar-refractivity contribution in [2.45, 2.75) is 17.2 Å². The van der Waals surface area contributed by atoms with Gasteiger partial charge in [0.25, 0.3) is 0 Å². The number of hydrogen-bond donors (Lipinski definition) is 2. The first-order chi connectivity index (χ1) is 8.58. The maximum Gasteiger partial charge on any atom is 0.129 e. The summed E-state index contributed by atoms with van der Waals surface area (Å²) in [5.74, 6) is 2.06. The molecule has 3 nitrogen and oxygen atoms in total. The van der Waals surface area contributed by atoms with Crippen LogP contribution in [-0.2, 0) is 0 Å². The molecule has 18 heavy (non-hydrogen) atoms. The maximum absolute atomic E-state index is 6.16. The molecule has 2 heterocycles. The highest BCUT2D eigenvalue weighted by Crippen LogP contribution is 2.33. The molecule has 1 aromatic rings. The minimum atomic E-state index is -0.303. The summed E-state index contributed by atoms with van der Waals surface area (Å²) in [6.07, 6.45) is 5.55. The monoisotopic (exact) mass is 301 g/mol. The largest absolute Gasteiger partial charge is 0.322 e. The average Bonchev–Trinajstić information content (AvgIpc) is 2.39. The van der Waals surface area contributed by atoms with E-state index in [1.54, 1.807) is 12.3 Å². The predicted molar refractivity (Wildman–Crippen MR) is 79.3 cm³/mol. The Morgan fingerprint density at radius 1 is 1.28 bits per heavy atom. The third kappa shape index (κ3) is 3.31. The third-order valence-electron chi connectivity index (χ3n) is 2.77. The Balaban J connectivity index is 2.11. The summed E-state index contributed by atoms with van der Waals surface area (Å²) >= 11 is 11.7. The van der Waals surface area contributed by atoms with Crippen LogP contribution in [0.15, 0.2) is 41.9 Å². The number of nitrogens with zero attached hydrogens (tertiary/aromatic N) is 1. The summed E-state index contributed by atoms with van der Waals surface area (Å²) in [5, 5.41) is 0.525. The zero-order valence-electron chi connectivity index (χ0n) is 9.55. The lowest BCUT2D eigenvalue weighted by molar-refractivity contribution is 0.617. The molecule has 1 aromatic heterocycles. The molecular weight excluding hydrogens is 288 g/mol. The quantitative estimate of drug-likeness (QED) is 0.512. The number of rotatable bonds is 3. The van der Waals surface area contributed by atoms with Crippen molar-refractivity contribution >= 4 is 31.8 Å². The van der Waals surface area contributed by atoms with Crippen LogP contribution in [0.2, 0.25) is 5.15 Å². The molecule has 1 aliphatic rings. The van der Waals surface area contributed by atoms with Crippen LogP contribution in [0, 0.1) is 0 Å². The molecule has 0 radical (unpaired) electrons. The topological polar surface area (TPSA) is 64.9 Å². The van der Waals surface area contributed by atoms with Crippen molar-refractivity contribution in [2.24, 2.45) is 11.5 Å². The van der Waals surface area contributed by atoms with Crippen LogP contribution in [0.4, 0.5) is 0 Å². The second kappa shape index (κ2) is 6.14. The molecule has 4 unspecified atom stereocenters. The van der Waals surface area contributed by atoms with Gasteiger partial charge in [0.15, 0.2) is 0 Å². The summed E-state index contributed by atoms with van der Waals surface area (Å²) in [6.45, 7) is 0. The van der Waals surface area contributed by atoms with E-state index in [2.05, 4.69) is 10.8 Å². The van der Waals surface area contributed by atoms with Crippen LogP contribution in [0.1, 0.15) is 11.6 Å². The molecule has 0 spiro atoms. The van der Waals surface area contributed by atoms with Gasteiger partial charge in [-0.05, 0) is 17.2 Å². The molecule has 0 bridgehead atoms. The van der Waals surface area contributed by atoms with Gasteiger partial charge < -0.3 is 11.5 Å². The van der Waals surface area contributed by atoms with E-state index in [0.717, 1.165) is 11.1 Å². The van der Waals surface area contributed by atoms with Crippen LogP contribution < -0.4 is 11.5 Å². The number of nitrogens with two attached hydrogens (primary N) is 2. The van der Waals surface area contributed by atoms with Gasteiger partial charge in [-0.3, -0.25) is 0 Å². The Kier molecular flexibility index (Phi) is 4.77. The SMILES string of the molecule is NC(C1=CPC(Cl)C=C1)C(N)c1ccc(Cl)nc1. The highest BCUT2D eigenvalue weighted by atomic mass is 35.5. The Bertz CT molecular complexity index is 473. The lowest BCUT2D eigenvalue weighted by Crippen LogP contribution is -2.35.